The van der Waals surface area contributed by atoms with Gasteiger partial charge >= 0.3 is 0 Å². The summed E-state index contributed by atoms with van der Waals surface area (Å²) < 4.78 is 5.73. The fourth-order valence-corrected chi connectivity index (χ4v) is 3.59. The Morgan fingerprint density at radius 3 is 3.05 bits per heavy atom. The molecule has 1 aromatic carbocycles. The quantitative estimate of drug-likeness (QED) is 0.562. The summed E-state index contributed by atoms with van der Waals surface area (Å²) in [6.45, 7) is 2.62. The number of benzene rings is 1. The maximum absolute atomic E-state index is 5.73. The zero-order chi connectivity index (χ0) is 14.4. The Morgan fingerprint density at radius 1 is 1.33 bits per heavy atom. The highest BCUT2D eigenvalue weighted by molar-refractivity contribution is 7.18. The smallest absolute Gasteiger partial charge is 0.152 e. The number of para-hydroxylation sites is 1. The van der Waals surface area contributed by atoms with E-state index in [1.165, 1.54) is 4.88 Å². The second-order valence-corrected chi connectivity index (χ2v) is 6.29. The first-order valence-corrected chi connectivity index (χ1v) is 7.54. The van der Waals surface area contributed by atoms with Crippen LogP contribution in [0.1, 0.15) is 22.2 Å². The lowest BCUT2D eigenvalue weighted by molar-refractivity contribution is 0.340. The molecule has 3 heterocycles. The van der Waals surface area contributed by atoms with Gasteiger partial charge in [-0.2, -0.15) is 0 Å². The summed E-state index contributed by atoms with van der Waals surface area (Å²) in [5.41, 5.74) is 3.82. The molecule has 6 heteroatoms. The van der Waals surface area contributed by atoms with Crippen molar-refractivity contribution in [1.29, 1.82) is 0 Å². The number of nitrogens with zero attached hydrogens (tertiary/aromatic N) is 2. The largest absolute Gasteiger partial charge is 0.492 e. The number of ether oxygens (including phenoxy) is 1. The number of anilines is 1. The molecule has 106 valence electrons. The number of hydrogen-bond acceptors (Lipinski definition) is 6. The number of aryl methyl sites for hydroxylation is 1. The zero-order valence-corrected chi connectivity index (χ0v) is 12.3. The van der Waals surface area contributed by atoms with Crippen molar-refractivity contribution < 1.29 is 4.74 Å². The van der Waals surface area contributed by atoms with Crippen molar-refractivity contribution in [2.24, 2.45) is 5.84 Å². The van der Waals surface area contributed by atoms with Gasteiger partial charge in [-0.05, 0) is 19.1 Å². The molecular weight excluding hydrogens is 284 g/mol. The van der Waals surface area contributed by atoms with E-state index in [1.807, 2.05) is 18.2 Å². The topological polar surface area (TPSA) is 73.1 Å². The number of aromatic nitrogens is 2. The summed E-state index contributed by atoms with van der Waals surface area (Å²) in [5.74, 6) is 8.01. The second kappa shape index (κ2) is 4.68. The first-order chi connectivity index (χ1) is 10.3. The molecule has 1 atom stereocenters. The van der Waals surface area contributed by atoms with Gasteiger partial charge in [-0.3, -0.25) is 0 Å². The van der Waals surface area contributed by atoms with Crippen molar-refractivity contribution in [3.8, 4) is 5.75 Å². The Labute approximate surface area is 125 Å². The molecule has 0 fully saturated rings. The molecule has 21 heavy (non-hydrogen) atoms. The van der Waals surface area contributed by atoms with Gasteiger partial charge in [0.1, 0.15) is 23.0 Å². The van der Waals surface area contributed by atoms with Crippen molar-refractivity contribution in [1.82, 2.24) is 9.97 Å². The minimum atomic E-state index is 0.0557. The highest BCUT2D eigenvalue weighted by Gasteiger charge is 2.28. The standard InChI is InChI=1S/C15H14N4OS/c1-8-6-10-14(19-16)17-13(18-15(10)21-8)11-7-20-12-5-3-2-4-9(11)12/h2-6,11H,7,16H2,1H3,(H,17,18,19). The molecule has 0 saturated heterocycles. The SMILES string of the molecule is Cc1cc2c(NN)nc(C3COc4ccccc43)nc2s1. The van der Waals surface area contributed by atoms with E-state index in [1.54, 1.807) is 11.3 Å². The number of nitrogens with one attached hydrogen (secondary N) is 1. The van der Waals surface area contributed by atoms with Gasteiger partial charge in [0.25, 0.3) is 0 Å². The molecule has 2 aromatic heterocycles. The lowest BCUT2D eigenvalue weighted by Crippen LogP contribution is -2.13. The van der Waals surface area contributed by atoms with Gasteiger partial charge in [0.15, 0.2) is 5.82 Å². The van der Waals surface area contributed by atoms with Crippen molar-refractivity contribution in [2.45, 2.75) is 12.8 Å². The number of rotatable bonds is 2. The van der Waals surface area contributed by atoms with E-state index in [-0.39, 0.29) is 5.92 Å². The molecule has 1 aliphatic rings. The van der Waals surface area contributed by atoms with Crippen LogP contribution in [0.15, 0.2) is 30.3 Å². The van der Waals surface area contributed by atoms with Crippen LogP contribution in [0.25, 0.3) is 10.2 Å². The van der Waals surface area contributed by atoms with Gasteiger partial charge < -0.3 is 10.2 Å². The van der Waals surface area contributed by atoms with Crippen LogP contribution in [0, 0.1) is 6.92 Å². The van der Waals surface area contributed by atoms with Crippen LogP contribution in [-0.4, -0.2) is 16.6 Å². The van der Waals surface area contributed by atoms with Crippen LogP contribution in [0.4, 0.5) is 5.82 Å². The van der Waals surface area contributed by atoms with E-state index in [0.717, 1.165) is 27.4 Å². The molecule has 1 aliphatic heterocycles. The molecule has 0 spiro atoms. The number of nitrogens with two attached hydrogens (primary N) is 1. The predicted octanol–water partition coefficient (Wildman–Crippen LogP) is 2.81. The third kappa shape index (κ3) is 1.95. The third-order valence-electron chi connectivity index (χ3n) is 3.68. The number of nitrogen functional groups attached to an aromatic ring is 1. The van der Waals surface area contributed by atoms with Crippen LogP contribution in [0.3, 0.4) is 0 Å². The fraction of sp³-hybridized carbons (Fsp3) is 0.200. The van der Waals surface area contributed by atoms with Crippen LogP contribution in [-0.2, 0) is 0 Å². The minimum Gasteiger partial charge on any atom is -0.492 e. The van der Waals surface area contributed by atoms with E-state index in [2.05, 4.69) is 29.5 Å². The summed E-state index contributed by atoms with van der Waals surface area (Å²) in [7, 11) is 0. The highest BCUT2D eigenvalue weighted by atomic mass is 32.1. The fourth-order valence-electron chi connectivity index (χ4n) is 2.70. The molecule has 3 aromatic rings. The van der Waals surface area contributed by atoms with Crippen molar-refractivity contribution in [3.05, 3.63) is 46.6 Å². The van der Waals surface area contributed by atoms with E-state index in [0.29, 0.717) is 12.4 Å². The minimum absolute atomic E-state index is 0.0557. The van der Waals surface area contributed by atoms with Gasteiger partial charge in [0.2, 0.25) is 0 Å². The second-order valence-electron chi connectivity index (χ2n) is 5.05. The number of hydrazine groups is 1. The number of thiophene rings is 1. The Bertz CT molecular complexity index is 830. The lowest BCUT2D eigenvalue weighted by Gasteiger charge is -2.10. The molecule has 0 bridgehead atoms. The van der Waals surface area contributed by atoms with Crippen LogP contribution < -0.4 is 16.0 Å². The number of hydrogen-bond donors (Lipinski definition) is 2. The molecule has 3 N–H and O–H groups in total. The summed E-state index contributed by atoms with van der Waals surface area (Å²) in [5, 5.41) is 0.968. The van der Waals surface area contributed by atoms with Crippen molar-refractivity contribution in [2.75, 3.05) is 12.0 Å². The maximum Gasteiger partial charge on any atom is 0.152 e. The third-order valence-corrected chi connectivity index (χ3v) is 4.63. The van der Waals surface area contributed by atoms with Gasteiger partial charge in [0, 0.05) is 10.4 Å². The van der Waals surface area contributed by atoms with E-state index < -0.39 is 0 Å². The molecule has 5 nitrogen and oxygen atoms in total. The summed E-state index contributed by atoms with van der Waals surface area (Å²) in [4.78, 5) is 11.5. The average Bonchev–Trinajstić information content (AvgIpc) is 3.08. The van der Waals surface area contributed by atoms with E-state index in [4.69, 9.17) is 15.6 Å². The van der Waals surface area contributed by atoms with Gasteiger partial charge in [-0.25, -0.2) is 15.8 Å². The van der Waals surface area contributed by atoms with Crippen molar-refractivity contribution in [3.63, 3.8) is 0 Å². The van der Waals surface area contributed by atoms with Crippen molar-refractivity contribution >= 4 is 27.4 Å². The highest BCUT2D eigenvalue weighted by Crippen LogP contribution is 2.38. The van der Waals surface area contributed by atoms with Crippen LogP contribution >= 0.6 is 11.3 Å². The number of fused-ring (bicyclic) bond motifs is 2. The Balaban J connectivity index is 1.88. The summed E-state index contributed by atoms with van der Waals surface area (Å²) >= 11 is 1.65. The Kier molecular flexibility index (Phi) is 2.80. The molecule has 1 unspecified atom stereocenters. The van der Waals surface area contributed by atoms with Crippen LogP contribution in [0.2, 0.25) is 0 Å². The van der Waals surface area contributed by atoms with Gasteiger partial charge in [0.05, 0.1) is 11.3 Å². The van der Waals surface area contributed by atoms with E-state index in [9.17, 15) is 0 Å². The Hall–Kier alpha value is -2.18. The lowest BCUT2D eigenvalue weighted by atomic mass is 10.0. The maximum atomic E-state index is 5.73. The molecule has 0 aliphatic carbocycles. The predicted molar refractivity (Wildman–Crippen MR) is 83.7 cm³/mol. The Morgan fingerprint density at radius 2 is 2.19 bits per heavy atom. The monoisotopic (exact) mass is 298 g/mol. The van der Waals surface area contributed by atoms with Crippen LogP contribution in [0.5, 0.6) is 5.75 Å². The van der Waals surface area contributed by atoms with E-state index >= 15 is 0 Å². The normalized spacial score (nSPS) is 16.8. The molecule has 4 rings (SSSR count). The first kappa shape index (κ1) is 12.6. The first-order valence-electron chi connectivity index (χ1n) is 6.72. The molecule has 0 amide bonds. The zero-order valence-electron chi connectivity index (χ0n) is 11.5. The molecule has 0 saturated carbocycles. The summed E-state index contributed by atoms with van der Waals surface area (Å²) in [6, 6.07) is 10.1. The average molecular weight is 298 g/mol. The molecular formula is C15H14N4OS. The molecule has 0 radical (unpaired) electrons. The van der Waals surface area contributed by atoms with Gasteiger partial charge in [-0.15, -0.1) is 11.3 Å². The summed E-state index contributed by atoms with van der Waals surface area (Å²) in [6.07, 6.45) is 0. The van der Waals surface area contributed by atoms with Gasteiger partial charge in [-0.1, -0.05) is 18.2 Å².